The summed E-state index contributed by atoms with van der Waals surface area (Å²) in [6.45, 7) is 0. The summed E-state index contributed by atoms with van der Waals surface area (Å²) in [4.78, 5) is 0. The maximum absolute atomic E-state index is 7.65. The Bertz CT molecular complexity index is 85.2. The van der Waals surface area contributed by atoms with Crippen LogP contribution in [0.25, 0.3) is 0 Å². The summed E-state index contributed by atoms with van der Waals surface area (Å²) in [6, 6.07) is 0. The van der Waals surface area contributed by atoms with Gasteiger partial charge < -0.3 is 1.43 Å². The number of hydrogen-bond donors (Lipinski definition) is 0. The molecule has 0 unspecified atom stereocenters. The molecule has 0 amide bonds. The average molecular weight is 128 g/mol. The molecule has 0 aliphatic carbocycles. The smallest absolute Gasteiger partial charge is 1.00 e. The Hall–Kier alpha value is 1.68. The molecule has 0 aliphatic rings. The van der Waals surface area contributed by atoms with E-state index in [1.807, 2.05) is 0 Å². The van der Waals surface area contributed by atoms with E-state index in [1.165, 1.54) is 0 Å². The normalized spacial score (nSPS) is 3.14. The quantitative estimate of drug-likeness (QED) is 0.304. The van der Waals surface area contributed by atoms with Crippen molar-refractivity contribution in [3.8, 4) is 11.9 Å². The van der Waals surface area contributed by atoms with Crippen LogP contribution in [0, 0.1) is 22.5 Å². The molecular formula is C2H3BKN2Na. The fourth-order valence-electron chi connectivity index (χ4n) is 0.0500. The van der Waals surface area contributed by atoms with Gasteiger partial charge in [-0.2, -0.15) is 0 Å². The Kier molecular flexibility index (Phi) is 35.5. The fraction of sp³-hybridized carbons (Fsp3) is 0. The molecule has 0 fully saturated rings. The largest absolute Gasteiger partial charge is 1.00 e. The minimum atomic E-state index is -0.861. The van der Waals surface area contributed by atoms with E-state index in [9.17, 15) is 0 Å². The van der Waals surface area contributed by atoms with Crippen LogP contribution < -0.4 is 80.9 Å². The first-order chi connectivity index (χ1) is 2.41. The Morgan fingerprint density at radius 2 is 1.57 bits per heavy atom. The van der Waals surface area contributed by atoms with Gasteiger partial charge in [-0.25, -0.2) is 10.5 Å². The Morgan fingerprint density at radius 3 is 1.57 bits per heavy atom. The Balaban J connectivity index is -0.0000000267. The number of rotatable bonds is 0. The molecule has 0 aromatic heterocycles. The summed E-state index contributed by atoms with van der Waals surface area (Å²) in [6.07, 6.45) is 0. The van der Waals surface area contributed by atoms with Crippen molar-refractivity contribution in [2.45, 2.75) is 0 Å². The average Bonchev–Trinajstić information content (AvgIpc) is 1.41. The summed E-state index contributed by atoms with van der Waals surface area (Å²) in [7, 11) is -0.861. The zero-order valence-electron chi connectivity index (χ0n) is 5.89. The molecule has 0 rings (SSSR count). The van der Waals surface area contributed by atoms with Gasteiger partial charge in [-0.3, -0.25) is 0 Å². The van der Waals surface area contributed by atoms with Crippen LogP contribution in [0.15, 0.2) is 0 Å². The third kappa shape index (κ3) is 18.3. The molecule has 0 N–H and O–H groups in total. The van der Waals surface area contributed by atoms with Gasteiger partial charge in [0.1, 0.15) is 0 Å². The zero-order valence-corrected chi connectivity index (χ0v) is 10.0. The van der Waals surface area contributed by atoms with Gasteiger partial charge in [-0.1, -0.05) is 0 Å². The third-order valence-electron chi connectivity index (χ3n) is 0.224. The van der Waals surface area contributed by atoms with Crippen molar-refractivity contribution in [3.05, 3.63) is 0 Å². The van der Waals surface area contributed by atoms with Gasteiger partial charge in [0.25, 0.3) is 0 Å². The second-order valence-electron chi connectivity index (χ2n) is 0.697. The summed E-state index contributed by atoms with van der Waals surface area (Å²) < 4.78 is 0. The molecule has 0 aromatic rings. The molecule has 0 radical (unpaired) electrons. The standard InChI is InChI=1S/C2H2BN2.K.Na.H/c4-1-3-2-5;;;/h3H2;;;/q-1;2*+1;-1. The van der Waals surface area contributed by atoms with Crippen LogP contribution in [0.3, 0.4) is 0 Å². The van der Waals surface area contributed by atoms with Crippen molar-refractivity contribution in [3.63, 3.8) is 0 Å². The van der Waals surface area contributed by atoms with Crippen molar-refractivity contribution in [2.75, 3.05) is 0 Å². The summed E-state index contributed by atoms with van der Waals surface area (Å²) in [5.74, 6) is 3.56. The zero-order chi connectivity index (χ0) is 4.12. The first-order valence-electron chi connectivity index (χ1n) is 1.45. The molecule has 0 spiro atoms. The second-order valence-corrected chi connectivity index (χ2v) is 0.697. The van der Waals surface area contributed by atoms with Crippen LogP contribution in [-0.2, 0) is 0 Å². The van der Waals surface area contributed by atoms with Crippen molar-refractivity contribution in [1.29, 1.82) is 10.5 Å². The molecular weight excluding hydrogens is 125 g/mol. The Labute approximate surface area is 110 Å². The molecule has 0 aliphatic heterocycles. The van der Waals surface area contributed by atoms with Crippen molar-refractivity contribution >= 4 is 7.28 Å². The minimum absolute atomic E-state index is 0. The van der Waals surface area contributed by atoms with Crippen LogP contribution in [0.1, 0.15) is 1.43 Å². The van der Waals surface area contributed by atoms with Gasteiger partial charge in [0.15, 0.2) is 7.28 Å². The van der Waals surface area contributed by atoms with E-state index in [-0.39, 0.29) is 82.4 Å². The van der Waals surface area contributed by atoms with Gasteiger partial charge in [0, 0.05) is 0 Å². The maximum Gasteiger partial charge on any atom is 1.00 e. The predicted octanol–water partition coefficient (Wildman–Crippen LogP) is -6.76. The van der Waals surface area contributed by atoms with E-state index >= 15 is 0 Å². The molecule has 0 saturated heterocycles. The van der Waals surface area contributed by atoms with Gasteiger partial charge >= 0.3 is 80.9 Å². The van der Waals surface area contributed by atoms with Crippen molar-refractivity contribution < 1.29 is 82.4 Å². The van der Waals surface area contributed by atoms with E-state index < -0.39 is 7.28 Å². The predicted molar refractivity (Wildman–Crippen MR) is 20.9 cm³/mol. The van der Waals surface area contributed by atoms with Crippen LogP contribution in [0.4, 0.5) is 0 Å². The van der Waals surface area contributed by atoms with Gasteiger partial charge in [-0.15, -0.1) is 11.9 Å². The number of hydrogen-bond acceptors (Lipinski definition) is 2. The van der Waals surface area contributed by atoms with E-state index in [1.54, 1.807) is 11.9 Å². The molecule has 0 atom stereocenters. The molecule has 5 heteroatoms. The summed E-state index contributed by atoms with van der Waals surface area (Å²) in [5, 5.41) is 15.3. The molecule has 0 heterocycles. The van der Waals surface area contributed by atoms with E-state index in [4.69, 9.17) is 10.5 Å². The topological polar surface area (TPSA) is 47.6 Å². The molecule has 0 saturated carbocycles. The van der Waals surface area contributed by atoms with Crippen molar-refractivity contribution in [2.24, 2.45) is 0 Å². The molecule has 2 nitrogen and oxygen atoms in total. The van der Waals surface area contributed by atoms with Crippen LogP contribution in [-0.4, -0.2) is 7.28 Å². The van der Waals surface area contributed by atoms with Gasteiger partial charge in [-0.05, 0) is 0 Å². The van der Waals surface area contributed by atoms with Crippen molar-refractivity contribution in [1.82, 2.24) is 0 Å². The van der Waals surface area contributed by atoms with Gasteiger partial charge in [0.05, 0.1) is 0 Å². The monoisotopic (exact) mass is 128 g/mol. The first kappa shape index (κ1) is 15.9. The van der Waals surface area contributed by atoms with Crippen LogP contribution in [0.2, 0.25) is 0 Å². The SMILES string of the molecule is N#C[BH2-]C#N.[H-].[K+].[Na+]. The third-order valence-corrected chi connectivity index (χ3v) is 0.224. The van der Waals surface area contributed by atoms with E-state index in [0.717, 1.165) is 0 Å². The minimum Gasteiger partial charge on any atom is -1.00 e. The summed E-state index contributed by atoms with van der Waals surface area (Å²) >= 11 is 0. The number of nitriles is 2. The van der Waals surface area contributed by atoms with E-state index in [0.29, 0.717) is 0 Å². The van der Waals surface area contributed by atoms with Crippen LogP contribution in [0.5, 0.6) is 0 Å². The summed E-state index contributed by atoms with van der Waals surface area (Å²) in [5.41, 5.74) is 0. The van der Waals surface area contributed by atoms with Gasteiger partial charge in [0.2, 0.25) is 0 Å². The van der Waals surface area contributed by atoms with Crippen LogP contribution >= 0.6 is 0 Å². The first-order valence-corrected chi connectivity index (χ1v) is 1.45. The second kappa shape index (κ2) is 15.6. The maximum atomic E-state index is 7.65. The molecule has 26 valence electrons. The molecule has 0 bridgehead atoms. The fourth-order valence-corrected chi connectivity index (χ4v) is 0.0500. The van der Waals surface area contributed by atoms with E-state index in [2.05, 4.69) is 0 Å². The Morgan fingerprint density at radius 1 is 1.29 bits per heavy atom. The molecule has 7 heavy (non-hydrogen) atoms. The molecule has 0 aromatic carbocycles. The number of nitrogens with zero attached hydrogens (tertiary/aromatic N) is 2.